The maximum absolute atomic E-state index is 11.8. The molecule has 1 aromatic carbocycles. The Morgan fingerprint density at radius 3 is 2.79 bits per heavy atom. The van der Waals surface area contributed by atoms with Crippen molar-refractivity contribution in [1.29, 1.82) is 5.26 Å². The van der Waals surface area contributed by atoms with Gasteiger partial charge in [0, 0.05) is 4.47 Å². The van der Waals surface area contributed by atoms with Gasteiger partial charge < -0.3 is 4.74 Å². The van der Waals surface area contributed by atoms with Crippen LogP contribution in [-0.4, -0.2) is 27.2 Å². The summed E-state index contributed by atoms with van der Waals surface area (Å²) in [6, 6.07) is 6.48. The van der Waals surface area contributed by atoms with Gasteiger partial charge in [0.1, 0.15) is 6.07 Å². The number of carbonyl (C=O) groups excluding carboxylic acids is 1. The fraction of sp³-hybridized carbons (Fsp3) is 0.273. The third kappa shape index (κ3) is 4.89. The van der Waals surface area contributed by atoms with Crippen LogP contribution >= 0.6 is 15.9 Å². The molecule has 0 spiro atoms. The molecular weight excluding hydrogens is 336 g/mol. The van der Waals surface area contributed by atoms with Gasteiger partial charge in [0.05, 0.1) is 30.5 Å². The SMILES string of the molecule is COC(=O)CCS(=O)(=O)Nc1cc(Br)ccc1C#N. The number of carbonyl (C=O) groups is 1. The summed E-state index contributed by atoms with van der Waals surface area (Å²) >= 11 is 3.19. The second-order valence-corrected chi connectivity index (χ2v) is 6.31. The highest BCUT2D eigenvalue weighted by atomic mass is 79.9. The molecule has 0 unspecified atom stereocenters. The lowest BCUT2D eigenvalue weighted by Gasteiger charge is -2.09. The second kappa shape index (κ2) is 6.54. The number of benzene rings is 1. The van der Waals surface area contributed by atoms with Crippen LogP contribution in [0.5, 0.6) is 0 Å². The Hall–Kier alpha value is -1.59. The number of hydrogen-bond donors (Lipinski definition) is 1. The molecule has 0 saturated carbocycles. The van der Waals surface area contributed by atoms with Gasteiger partial charge in [-0.25, -0.2) is 8.42 Å². The van der Waals surface area contributed by atoms with Crippen LogP contribution in [0, 0.1) is 11.3 Å². The molecule has 0 radical (unpaired) electrons. The number of nitrogens with zero attached hydrogens (tertiary/aromatic N) is 1. The van der Waals surface area contributed by atoms with Crippen LogP contribution in [0.4, 0.5) is 5.69 Å². The first-order valence-corrected chi connectivity index (χ1v) is 7.59. The predicted octanol–water partition coefficient (Wildman–Crippen LogP) is 1.63. The predicted molar refractivity (Wildman–Crippen MR) is 72.9 cm³/mol. The van der Waals surface area contributed by atoms with E-state index in [0.717, 1.165) is 0 Å². The molecular formula is C11H11BrN2O4S. The zero-order chi connectivity index (χ0) is 14.5. The number of sulfonamides is 1. The van der Waals surface area contributed by atoms with E-state index in [2.05, 4.69) is 25.4 Å². The van der Waals surface area contributed by atoms with Crippen molar-refractivity contribution >= 4 is 37.6 Å². The number of esters is 1. The maximum Gasteiger partial charge on any atom is 0.306 e. The zero-order valence-corrected chi connectivity index (χ0v) is 12.4. The molecule has 0 aliphatic carbocycles. The van der Waals surface area contributed by atoms with Crippen LogP contribution in [-0.2, 0) is 19.6 Å². The first-order chi connectivity index (χ1) is 8.88. The monoisotopic (exact) mass is 346 g/mol. The van der Waals surface area contributed by atoms with E-state index >= 15 is 0 Å². The van der Waals surface area contributed by atoms with E-state index in [-0.39, 0.29) is 17.7 Å². The molecule has 0 aliphatic rings. The number of halogens is 1. The summed E-state index contributed by atoms with van der Waals surface area (Å²) < 4.78 is 30.8. The summed E-state index contributed by atoms with van der Waals surface area (Å²) in [7, 11) is -2.53. The number of ether oxygens (including phenoxy) is 1. The van der Waals surface area contributed by atoms with Crippen molar-refractivity contribution in [2.45, 2.75) is 6.42 Å². The standard InChI is InChI=1S/C11H11BrN2O4S/c1-18-11(15)4-5-19(16,17)14-10-6-9(12)3-2-8(10)7-13/h2-3,6,14H,4-5H2,1H3. The van der Waals surface area contributed by atoms with Gasteiger partial charge in [-0.1, -0.05) is 15.9 Å². The lowest BCUT2D eigenvalue weighted by Crippen LogP contribution is -2.20. The average Bonchev–Trinajstić information content (AvgIpc) is 2.36. The van der Waals surface area contributed by atoms with Crippen molar-refractivity contribution in [3.05, 3.63) is 28.2 Å². The van der Waals surface area contributed by atoms with Crippen LogP contribution < -0.4 is 4.72 Å². The number of rotatable bonds is 5. The summed E-state index contributed by atoms with van der Waals surface area (Å²) in [5.41, 5.74) is 0.367. The topological polar surface area (TPSA) is 96.3 Å². The van der Waals surface area contributed by atoms with E-state index in [0.29, 0.717) is 4.47 Å². The highest BCUT2D eigenvalue weighted by Crippen LogP contribution is 2.22. The van der Waals surface area contributed by atoms with Gasteiger partial charge in [-0.3, -0.25) is 9.52 Å². The van der Waals surface area contributed by atoms with Crippen LogP contribution in [0.25, 0.3) is 0 Å². The van der Waals surface area contributed by atoms with Crippen LogP contribution in [0.2, 0.25) is 0 Å². The third-order valence-electron chi connectivity index (χ3n) is 2.17. The molecule has 0 heterocycles. The normalized spacial score (nSPS) is 10.6. The Morgan fingerprint density at radius 2 is 2.21 bits per heavy atom. The Bertz CT molecular complexity index is 622. The number of anilines is 1. The van der Waals surface area contributed by atoms with Crippen LogP contribution in [0.1, 0.15) is 12.0 Å². The molecule has 0 fully saturated rings. The van der Waals surface area contributed by atoms with E-state index in [9.17, 15) is 13.2 Å². The molecule has 1 aromatic rings. The van der Waals surface area contributed by atoms with Crippen molar-refractivity contribution in [2.75, 3.05) is 17.6 Å². The molecule has 8 heteroatoms. The van der Waals surface area contributed by atoms with E-state index in [1.165, 1.54) is 19.2 Å². The molecule has 0 saturated heterocycles. The Morgan fingerprint density at radius 1 is 1.53 bits per heavy atom. The largest absolute Gasteiger partial charge is 0.469 e. The Balaban J connectivity index is 2.87. The fourth-order valence-corrected chi connectivity index (χ4v) is 2.64. The molecule has 0 atom stereocenters. The first kappa shape index (κ1) is 15.5. The van der Waals surface area contributed by atoms with Crippen molar-refractivity contribution in [3.8, 4) is 6.07 Å². The Labute approximate surface area is 119 Å². The van der Waals surface area contributed by atoms with Gasteiger partial charge in [0.2, 0.25) is 10.0 Å². The molecule has 0 bridgehead atoms. The molecule has 6 nitrogen and oxygen atoms in total. The number of nitrogens with one attached hydrogen (secondary N) is 1. The van der Waals surface area contributed by atoms with Crippen molar-refractivity contribution < 1.29 is 17.9 Å². The van der Waals surface area contributed by atoms with Crippen molar-refractivity contribution in [1.82, 2.24) is 0 Å². The number of nitriles is 1. The maximum atomic E-state index is 11.8. The summed E-state index contributed by atoms with van der Waals surface area (Å²) in [5.74, 6) is -1.02. The molecule has 0 amide bonds. The summed E-state index contributed by atoms with van der Waals surface area (Å²) in [6.07, 6.45) is -0.248. The lowest BCUT2D eigenvalue weighted by molar-refractivity contribution is -0.140. The van der Waals surface area contributed by atoms with Gasteiger partial charge in [-0.05, 0) is 18.2 Å². The summed E-state index contributed by atoms with van der Waals surface area (Å²) in [6.45, 7) is 0. The van der Waals surface area contributed by atoms with E-state index in [1.807, 2.05) is 6.07 Å². The van der Waals surface area contributed by atoms with E-state index in [1.54, 1.807) is 6.07 Å². The van der Waals surface area contributed by atoms with Gasteiger partial charge in [0.25, 0.3) is 0 Å². The third-order valence-corrected chi connectivity index (χ3v) is 3.94. The average molecular weight is 347 g/mol. The Kier molecular flexibility index (Phi) is 5.32. The van der Waals surface area contributed by atoms with Gasteiger partial charge in [-0.15, -0.1) is 0 Å². The highest BCUT2D eigenvalue weighted by Gasteiger charge is 2.15. The molecule has 19 heavy (non-hydrogen) atoms. The summed E-state index contributed by atoms with van der Waals surface area (Å²) in [4.78, 5) is 10.9. The van der Waals surface area contributed by atoms with E-state index in [4.69, 9.17) is 5.26 Å². The second-order valence-electron chi connectivity index (χ2n) is 3.55. The van der Waals surface area contributed by atoms with Gasteiger partial charge in [-0.2, -0.15) is 5.26 Å². The van der Waals surface area contributed by atoms with Crippen molar-refractivity contribution in [2.24, 2.45) is 0 Å². The molecule has 1 N–H and O–H groups in total. The minimum atomic E-state index is -3.71. The lowest BCUT2D eigenvalue weighted by atomic mass is 10.2. The first-order valence-electron chi connectivity index (χ1n) is 5.15. The molecule has 1 rings (SSSR count). The zero-order valence-electron chi connectivity index (χ0n) is 10.0. The fourth-order valence-electron chi connectivity index (χ4n) is 1.24. The van der Waals surface area contributed by atoms with Crippen LogP contribution in [0.15, 0.2) is 22.7 Å². The number of hydrogen-bond acceptors (Lipinski definition) is 5. The minimum Gasteiger partial charge on any atom is -0.469 e. The highest BCUT2D eigenvalue weighted by molar-refractivity contribution is 9.10. The van der Waals surface area contributed by atoms with Crippen LogP contribution in [0.3, 0.4) is 0 Å². The van der Waals surface area contributed by atoms with Gasteiger partial charge >= 0.3 is 5.97 Å². The molecule has 0 aliphatic heterocycles. The van der Waals surface area contributed by atoms with Gasteiger partial charge in [0.15, 0.2) is 0 Å². The summed E-state index contributed by atoms with van der Waals surface area (Å²) in [5, 5.41) is 8.89. The quantitative estimate of drug-likeness (QED) is 0.817. The van der Waals surface area contributed by atoms with Crippen molar-refractivity contribution in [3.63, 3.8) is 0 Å². The smallest absolute Gasteiger partial charge is 0.306 e. The minimum absolute atomic E-state index is 0.168. The van der Waals surface area contributed by atoms with E-state index < -0.39 is 21.7 Å². The number of methoxy groups -OCH3 is 1. The molecule has 102 valence electrons. The molecule has 0 aromatic heterocycles.